The van der Waals surface area contributed by atoms with Gasteiger partial charge in [-0.3, -0.25) is 0 Å². The van der Waals surface area contributed by atoms with Crippen LogP contribution in [0, 0.1) is 52.1 Å². The minimum atomic E-state index is -3.95. The van der Waals surface area contributed by atoms with Crippen molar-refractivity contribution in [2.24, 2.45) is 0 Å². The first-order valence-corrected chi connectivity index (χ1v) is 9.16. The van der Waals surface area contributed by atoms with Crippen molar-refractivity contribution in [1.29, 1.82) is 0 Å². The fourth-order valence-electron chi connectivity index (χ4n) is 2.82. The van der Waals surface area contributed by atoms with E-state index in [2.05, 4.69) is 4.72 Å². The molecule has 0 amide bonds. The fraction of sp³-hybridized carbons (Fsp3) is 0.333. The molecule has 0 atom stereocenters. The lowest BCUT2D eigenvalue weighted by atomic mass is 9.95. The second kappa shape index (κ2) is 6.80. The van der Waals surface area contributed by atoms with Gasteiger partial charge in [-0.1, -0.05) is 6.07 Å². The lowest BCUT2D eigenvalue weighted by molar-refractivity contribution is 0.440. The molecule has 25 heavy (non-hydrogen) atoms. The first-order chi connectivity index (χ1) is 11.5. The molecular weight excluding hydrogens is 351 g/mol. The molecule has 0 saturated heterocycles. The van der Waals surface area contributed by atoms with Gasteiger partial charge in [-0.05, 0) is 68.5 Å². The maximum atomic E-state index is 13.7. The summed E-state index contributed by atoms with van der Waals surface area (Å²) in [6, 6.07) is 1.78. The summed E-state index contributed by atoms with van der Waals surface area (Å²) in [5.41, 5.74) is 3.70. The highest BCUT2D eigenvalue weighted by Gasteiger charge is 2.24. The molecule has 0 aromatic heterocycles. The molecule has 0 radical (unpaired) electrons. The molecule has 0 aliphatic heterocycles. The van der Waals surface area contributed by atoms with E-state index in [4.69, 9.17) is 0 Å². The number of hydrogen-bond acceptors (Lipinski definition) is 2. The minimum absolute atomic E-state index is 0.135. The standard InChI is InChI=1S/C18H20F3NO2S/c1-9-10(2)12(4)18(13(5)11(9)3)25(23,24)22-8-14-6-7-15(19)17(21)16(14)20/h6-7,22H,8H2,1-5H3. The summed E-state index contributed by atoms with van der Waals surface area (Å²) in [4.78, 5) is 0.135. The molecule has 136 valence electrons. The Morgan fingerprint density at radius 3 is 1.80 bits per heavy atom. The van der Waals surface area contributed by atoms with Gasteiger partial charge in [0.1, 0.15) is 0 Å². The first kappa shape index (κ1) is 19.5. The van der Waals surface area contributed by atoms with E-state index in [-0.39, 0.29) is 10.5 Å². The van der Waals surface area contributed by atoms with Crippen molar-refractivity contribution >= 4 is 10.0 Å². The lowest BCUT2D eigenvalue weighted by Gasteiger charge is -2.19. The molecular formula is C18H20F3NO2S. The molecule has 0 aliphatic carbocycles. The Hall–Kier alpha value is -1.86. The highest BCUT2D eigenvalue weighted by molar-refractivity contribution is 7.89. The first-order valence-electron chi connectivity index (χ1n) is 7.68. The van der Waals surface area contributed by atoms with Crippen LogP contribution in [0.4, 0.5) is 13.2 Å². The van der Waals surface area contributed by atoms with Crippen molar-refractivity contribution in [3.63, 3.8) is 0 Å². The Balaban J connectivity index is 2.44. The second-order valence-corrected chi connectivity index (χ2v) is 7.82. The van der Waals surface area contributed by atoms with Crippen LogP contribution in [-0.2, 0) is 16.6 Å². The van der Waals surface area contributed by atoms with Gasteiger partial charge < -0.3 is 0 Å². The predicted molar refractivity (Wildman–Crippen MR) is 90.5 cm³/mol. The quantitative estimate of drug-likeness (QED) is 0.822. The van der Waals surface area contributed by atoms with Gasteiger partial charge in [-0.15, -0.1) is 0 Å². The summed E-state index contributed by atoms with van der Waals surface area (Å²) in [7, 11) is -3.95. The van der Waals surface area contributed by atoms with Crippen LogP contribution < -0.4 is 4.72 Å². The van der Waals surface area contributed by atoms with Gasteiger partial charge >= 0.3 is 0 Å². The fourth-order valence-corrected chi connectivity index (χ4v) is 4.42. The minimum Gasteiger partial charge on any atom is -0.207 e. The van der Waals surface area contributed by atoms with Crippen LogP contribution in [0.3, 0.4) is 0 Å². The molecule has 0 fully saturated rings. The van der Waals surface area contributed by atoms with E-state index in [9.17, 15) is 21.6 Å². The Kier molecular flexibility index (Phi) is 5.30. The van der Waals surface area contributed by atoms with Crippen LogP contribution in [0.5, 0.6) is 0 Å². The zero-order chi connectivity index (χ0) is 19.1. The number of nitrogens with one attached hydrogen (secondary N) is 1. The van der Waals surface area contributed by atoms with Gasteiger partial charge in [0.05, 0.1) is 4.90 Å². The van der Waals surface area contributed by atoms with Gasteiger partial charge in [0.2, 0.25) is 10.0 Å². The number of sulfonamides is 1. The summed E-state index contributed by atoms with van der Waals surface area (Å²) < 4.78 is 67.7. The molecule has 0 spiro atoms. The van der Waals surface area contributed by atoms with Crippen molar-refractivity contribution in [2.45, 2.75) is 46.1 Å². The zero-order valence-electron chi connectivity index (χ0n) is 14.7. The van der Waals surface area contributed by atoms with E-state index < -0.39 is 34.0 Å². The number of benzene rings is 2. The Labute approximate surface area is 145 Å². The van der Waals surface area contributed by atoms with Gasteiger partial charge in [0.15, 0.2) is 17.5 Å². The normalized spacial score (nSPS) is 11.8. The molecule has 3 nitrogen and oxygen atoms in total. The Morgan fingerprint density at radius 2 is 1.28 bits per heavy atom. The molecule has 0 aliphatic rings. The van der Waals surface area contributed by atoms with Crippen molar-refractivity contribution in [3.05, 3.63) is 63.0 Å². The number of rotatable bonds is 4. The van der Waals surface area contributed by atoms with Crippen molar-refractivity contribution in [3.8, 4) is 0 Å². The summed E-state index contributed by atoms with van der Waals surface area (Å²) in [5, 5.41) is 0. The zero-order valence-corrected chi connectivity index (χ0v) is 15.5. The third-order valence-electron chi connectivity index (χ3n) is 4.77. The van der Waals surface area contributed by atoms with Crippen LogP contribution in [0.2, 0.25) is 0 Å². The molecule has 0 unspecified atom stereocenters. The number of hydrogen-bond donors (Lipinski definition) is 1. The SMILES string of the molecule is Cc1c(C)c(C)c(S(=O)(=O)NCc2ccc(F)c(F)c2F)c(C)c1C. The monoisotopic (exact) mass is 371 g/mol. The highest BCUT2D eigenvalue weighted by atomic mass is 32.2. The van der Waals surface area contributed by atoms with Crippen LogP contribution in [0.25, 0.3) is 0 Å². The maximum absolute atomic E-state index is 13.7. The smallest absolute Gasteiger partial charge is 0.207 e. The summed E-state index contributed by atoms with van der Waals surface area (Å²) in [6.45, 7) is 8.54. The van der Waals surface area contributed by atoms with Crippen LogP contribution in [0.1, 0.15) is 33.4 Å². The molecule has 2 aromatic rings. The largest absolute Gasteiger partial charge is 0.241 e. The average molecular weight is 371 g/mol. The molecule has 1 N–H and O–H groups in total. The average Bonchev–Trinajstić information content (AvgIpc) is 2.55. The molecule has 2 rings (SSSR count). The van der Waals surface area contributed by atoms with Crippen molar-refractivity contribution in [2.75, 3.05) is 0 Å². The van der Waals surface area contributed by atoms with Gasteiger partial charge in [-0.25, -0.2) is 26.3 Å². The summed E-state index contributed by atoms with van der Waals surface area (Å²) in [5.74, 6) is -4.33. The van der Waals surface area contributed by atoms with Crippen LogP contribution in [-0.4, -0.2) is 8.42 Å². The Bertz CT molecular complexity index is 925. The third-order valence-corrected chi connectivity index (χ3v) is 6.44. The van der Waals surface area contributed by atoms with E-state index in [1.54, 1.807) is 13.8 Å². The highest BCUT2D eigenvalue weighted by Crippen LogP contribution is 2.29. The van der Waals surface area contributed by atoms with Crippen LogP contribution in [0.15, 0.2) is 17.0 Å². The second-order valence-electron chi connectivity index (χ2n) is 6.11. The van der Waals surface area contributed by atoms with E-state index in [1.165, 1.54) is 0 Å². The van der Waals surface area contributed by atoms with Gasteiger partial charge in [0.25, 0.3) is 0 Å². The van der Waals surface area contributed by atoms with E-state index >= 15 is 0 Å². The molecule has 0 bridgehead atoms. The van der Waals surface area contributed by atoms with Gasteiger partial charge in [0, 0.05) is 12.1 Å². The predicted octanol–water partition coefficient (Wildman–Crippen LogP) is 4.12. The van der Waals surface area contributed by atoms with E-state index in [0.717, 1.165) is 28.8 Å². The van der Waals surface area contributed by atoms with Crippen molar-refractivity contribution < 1.29 is 21.6 Å². The van der Waals surface area contributed by atoms with E-state index in [1.807, 2.05) is 20.8 Å². The summed E-state index contributed by atoms with van der Waals surface area (Å²) in [6.07, 6.45) is 0. The maximum Gasteiger partial charge on any atom is 0.241 e. The summed E-state index contributed by atoms with van der Waals surface area (Å²) >= 11 is 0. The third kappa shape index (κ3) is 3.43. The molecule has 0 saturated carbocycles. The van der Waals surface area contributed by atoms with Crippen LogP contribution >= 0.6 is 0 Å². The van der Waals surface area contributed by atoms with E-state index in [0.29, 0.717) is 11.1 Å². The topological polar surface area (TPSA) is 46.2 Å². The molecule has 0 heterocycles. The lowest BCUT2D eigenvalue weighted by Crippen LogP contribution is -2.26. The molecule has 7 heteroatoms. The van der Waals surface area contributed by atoms with Crippen molar-refractivity contribution in [1.82, 2.24) is 4.72 Å². The molecule has 2 aromatic carbocycles. The number of halogens is 3. The Morgan fingerprint density at radius 1 is 0.800 bits per heavy atom. The van der Waals surface area contributed by atoms with Gasteiger partial charge in [-0.2, -0.15) is 0 Å².